The molecular weight excluding hydrogens is 379 g/mol. The summed E-state index contributed by atoms with van der Waals surface area (Å²) in [5.74, 6) is -0.631. The number of primary sulfonamides is 1. The van der Waals surface area contributed by atoms with Gasteiger partial charge in [0.25, 0.3) is 0 Å². The SMILES string of the molecule is NS(=O)(=O)c1ccc(CCNS(=O)(=O)c2ccc(F)cc2Cl)cc1. The van der Waals surface area contributed by atoms with Gasteiger partial charge in [-0.1, -0.05) is 23.7 Å². The van der Waals surface area contributed by atoms with Crippen LogP contribution in [-0.4, -0.2) is 23.4 Å². The van der Waals surface area contributed by atoms with Crippen LogP contribution in [0.3, 0.4) is 0 Å². The Kier molecular flexibility index (Phi) is 5.61. The Bertz CT molecular complexity index is 945. The smallest absolute Gasteiger partial charge is 0.225 e. The maximum absolute atomic E-state index is 13.0. The molecule has 0 fully saturated rings. The number of nitrogens with one attached hydrogen (secondary N) is 1. The Morgan fingerprint density at radius 1 is 1.04 bits per heavy atom. The van der Waals surface area contributed by atoms with Gasteiger partial charge >= 0.3 is 0 Å². The quantitative estimate of drug-likeness (QED) is 0.779. The number of sulfonamides is 2. The number of hydrogen-bond donors (Lipinski definition) is 2. The Hall–Kier alpha value is -1.52. The van der Waals surface area contributed by atoms with Gasteiger partial charge in [-0.05, 0) is 42.3 Å². The van der Waals surface area contributed by atoms with Crippen molar-refractivity contribution < 1.29 is 21.2 Å². The lowest BCUT2D eigenvalue weighted by Crippen LogP contribution is -2.26. The number of nitrogens with two attached hydrogens (primary N) is 1. The van der Waals surface area contributed by atoms with Gasteiger partial charge in [-0.15, -0.1) is 0 Å². The lowest BCUT2D eigenvalue weighted by atomic mass is 10.2. The van der Waals surface area contributed by atoms with Crippen LogP contribution in [-0.2, 0) is 26.5 Å². The summed E-state index contributed by atoms with van der Waals surface area (Å²) in [4.78, 5) is -0.236. The van der Waals surface area contributed by atoms with E-state index in [1.165, 1.54) is 12.1 Å². The standard InChI is InChI=1S/C14H14ClFN2O4S2/c15-13-9-11(16)3-6-14(13)24(21,22)18-8-7-10-1-4-12(5-2-10)23(17,19)20/h1-6,9,18H,7-8H2,(H2,17,19,20). The van der Waals surface area contributed by atoms with Gasteiger partial charge in [0.2, 0.25) is 20.0 Å². The minimum atomic E-state index is -3.87. The van der Waals surface area contributed by atoms with Crippen molar-refractivity contribution in [1.29, 1.82) is 0 Å². The molecule has 3 N–H and O–H groups in total. The van der Waals surface area contributed by atoms with Crippen molar-refractivity contribution in [2.75, 3.05) is 6.54 Å². The summed E-state index contributed by atoms with van der Waals surface area (Å²) in [5.41, 5.74) is 0.718. The highest BCUT2D eigenvalue weighted by Gasteiger charge is 2.17. The molecule has 24 heavy (non-hydrogen) atoms. The van der Waals surface area contributed by atoms with E-state index < -0.39 is 25.9 Å². The van der Waals surface area contributed by atoms with Crippen molar-refractivity contribution >= 4 is 31.6 Å². The van der Waals surface area contributed by atoms with Crippen LogP contribution in [0.2, 0.25) is 5.02 Å². The van der Waals surface area contributed by atoms with Gasteiger partial charge in [0.05, 0.1) is 9.92 Å². The van der Waals surface area contributed by atoms with Gasteiger partial charge in [0.1, 0.15) is 10.7 Å². The van der Waals surface area contributed by atoms with Gasteiger partial charge in [0.15, 0.2) is 0 Å². The molecule has 2 aromatic rings. The average molecular weight is 393 g/mol. The summed E-state index contributed by atoms with van der Waals surface area (Å²) < 4.78 is 61.9. The van der Waals surface area contributed by atoms with E-state index in [0.29, 0.717) is 6.42 Å². The summed E-state index contributed by atoms with van der Waals surface area (Å²) in [7, 11) is -7.64. The molecule has 2 rings (SSSR count). The first kappa shape index (κ1) is 18.8. The molecule has 0 saturated carbocycles. The van der Waals surface area contributed by atoms with Crippen molar-refractivity contribution in [3.05, 3.63) is 58.9 Å². The topological polar surface area (TPSA) is 106 Å². The second kappa shape index (κ2) is 7.16. The van der Waals surface area contributed by atoms with Gasteiger partial charge in [-0.25, -0.2) is 31.1 Å². The van der Waals surface area contributed by atoms with Crippen LogP contribution >= 0.6 is 11.6 Å². The van der Waals surface area contributed by atoms with E-state index in [-0.39, 0.29) is 21.4 Å². The van der Waals surface area contributed by atoms with Crippen LogP contribution in [0.1, 0.15) is 5.56 Å². The zero-order valence-corrected chi connectivity index (χ0v) is 14.6. The van der Waals surface area contributed by atoms with Crippen molar-refractivity contribution in [3.63, 3.8) is 0 Å². The molecular formula is C14H14ClFN2O4S2. The highest BCUT2D eigenvalue weighted by molar-refractivity contribution is 7.89. The first-order valence-electron chi connectivity index (χ1n) is 6.66. The first-order chi connectivity index (χ1) is 11.1. The Morgan fingerprint density at radius 3 is 2.21 bits per heavy atom. The van der Waals surface area contributed by atoms with Crippen LogP contribution in [0.5, 0.6) is 0 Å². The van der Waals surface area contributed by atoms with Crippen molar-refractivity contribution in [1.82, 2.24) is 4.72 Å². The minimum absolute atomic E-state index is 0.0232. The minimum Gasteiger partial charge on any atom is -0.225 e. The van der Waals surface area contributed by atoms with E-state index >= 15 is 0 Å². The molecule has 0 heterocycles. The molecule has 0 radical (unpaired) electrons. The maximum atomic E-state index is 13.0. The second-order valence-electron chi connectivity index (χ2n) is 4.91. The van der Waals surface area contributed by atoms with Crippen LogP contribution in [0.15, 0.2) is 52.3 Å². The van der Waals surface area contributed by atoms with Gasteiger partial charge in [-0.2, -0.15) is 0 Å². The van der Waals surface area contributed by atoms with E-state index in [2.05, 4.69) is 4.72 Å². The summed E-state index contributed by atoms with van der Waals surface area (Å²) >= 11 is 5.74. The third kappa shape index (κ3) is 4.74. The predicted molar refractivity (Wildman–Crippen MR) is 88.1 cm³/mol. The number of hydrogen-bond acceptors (Lipinski definition) is 4. The molecule has 0 atom stereocenters. The Balaban J connectivity index is 2.03. The van der Waals surface area contributed by atoms with Crippen LogP contribution < -0.4 is 9.86 Å². The molecule has 0 saturated heterocycles. The van der Waals surface area contributed by atoms with E-state index in [0.717, 1.165) is 23.8 Å². The molecule has 0 aliphatic carbocycles. The van der Waals surface area contributed by atoms with Crippen LogP contribution in [0, 0.1) is 5.82 Å². The monoisotopic (exact) mass is 392 g/mol. The average Bonchev–Trinajstić information content (AvgIpc) is 2.46. The fourth-order valence-electron chi connectivity index (χ4n) is 1.95. The van der Waals surface area contributed by atoms with E-state index in [4.69, 9.17) is 16.7 Å². The largest absolute Gasteiger partial charge is 0.242 e. The van der Waals surface area contributed by atoms with Crippen LogP contribution in [0.4, 0.5) is 4.39 Å². The van der Waals surface area contributed by atoms with Gasteiger partial charge in [-0.3, -0.25) is 0 Å². The third-order valence-electron chi connectivity index (χ3n) is 3.14. The molecule has 0 aliphatic rings. The highest BCUT2D eigenvalue weighted by Crippen LogP contribution is 2.21. The molecule has 0 unspecified atom stereocenters. The predicted octanol–water partition coefficient (Wildman–Crippen LogP) is 1.65. The van der Waals surface area contributed by atoms with Gasteiger partial charge in [0, 0.05) is 6.54 Å². The summed E-state index contributed by atoms with van der Waals surface area (Å²) in [5, 5.41) is 4.79. The molecule has 2 aromatic carbocycles. The lowest BCUT2D eigenvalue weighted by Gasteiger charge is -2.09. The zero-order valence-electron chi connectivity index (χ0n) is 12.2. The fraction of sp³-hybridized carbons (Fsp3) is 0.143. The summed E-state index contributed by atoms with van der Waals surface area (Å²) in [6.07, 6.45) is 0.322. The van der Waals surface area contributed by atoms with Crippen LogP contribution in [0.25, 0.3) is 0 Å². The van der Waals surface area contributed by atoms with E-state index in [9.17, 15) is 21.2 Å². The van der Waals surface area contributed by atoms with Crippen molar-refractivity contribution in [2.45, 2.75) is 16.2 Å². The zero-order chi connectivity index (χ0) is 18.0. The summed E-state index contributed by atoms with van der Waals surface area (Å²) in [6.45, 7) is 0.0603. The molecule has 6 nitrogen and oxygen atoms in total. The Morgan fingerprint density at radius 2 is 1.67 bits per heavy atom. The number of rotatable bonds is 6. The van der Waals surface area contributed by atoms with E-state index in [1.807, 2.05) is 0 Å². The molecule has 0 bridgehead atoms. The molecule has 0 spiro atoms. The maximum Gasteiger partial charge on any atom is 0.242 e. The highest BCUT2D eigenvalue weighted by atomic mass is 35.5. The van der Waals surface area contributed by atoms with Crippen molar-refractivity contribution in [3.8, 4) is 0 Å². The lowest BCUT2D eigenvalue weighted by molar-refractivity contribution is 0.580. The second-order valence-corrected chi connectivity index (χ2v) is 8.62. The Labute approximate surface area is 144 Å². The summed E-state index contributed by atoms with van der Waals surface area (Å²) in [6, 6.07) is 8.78. The van der Waals surface area contributed by atoms with E-state index in [1.54, 1.807) is 12.1 Å². The molecule has 130 valence electrons. The van der Waals surface area contributed by atoms with Gasteiger partial charge < -0.3 is 0 Å². The fourth-order valence-corrected chi connectivity index (χ4v) is 4.02. The molecule has 0 aliphatic heterocycles. The molecule has 0 amide bonds. The first-order valence-corrected chi connectivity index (χ1v) is 10.1. The number of halogens is 2. The number of benzene rings is 2. The van der Waals surface area contributed by atoms with Crippen molar-refractivity contribution in [2.24, 2.45) is 5.14 Å². The third-order valence-corrected chi connectivity index (χ3v) is 6.01. The normalized spacial score (nSPS) is 12.3. The molecule has 10 heteroatoms. The molecule has 0 aromatic heterocycles.